The number of anilines is 1. The van der Waals surface area contributed by atoms with Gasteiger partial charge >= 0.3 is 0 Å². The number of nitrogens with two attached hydrogens (primary N) is 1. The largest absolute Gasteiger partial charge is 0.368 e. The van der Waals surface area contributed by atoms with E-state index < -0.39 is 0 Å². The molecule has 2 N–H and O–H groups in total. The van der Waals surface area contributed by atoms with Crippen LogP contribution in [0, 0.1) is 17.1 Å². The molecule has 0 radical (unpaired) electrons. The second-order valence-corrected chi connectivity index (χ2v) is 5.13. The van der Waals surface area contributed by atoms with Gasteiger partial charge in [0, 0.05) is 19.6 Å². The molecule has 21 heavy (non-hydrogen) atoms. The van der Waals surface area contributed by atoms with Crippen molar-refractivity contribution in [1.29, 1.82) is 5.26 Å². The predicted molar refractivity (Wildman–Crippen MR) is 82.3 cm³/mol. The molecule has 0 saturated heterocycles. The third kappa shape index (κ3) is 3.39. The molecule has 0 spiro atoms. The van der Waals surface area contributed by atoms with Crippen molar-refractivity contribution in [2.75, 3.05) is 11.9 Å². The van der Waals surface area contributed by atoms with E-state index in [0.29, 0.717) is 17.8 Å². The summed E-state index contributed by atoms with van der Waals surface area (Å²) in [6.45, 7) is 2.35. The van der Waals surface area contributed by atoms with Gasteiger partial charge in [0.25, 0.3) is 0 Å². The molecule has 0 aliphatic heterocycles. The SMILES string of the molecule is C[C@H](N)c1cccc(F)c1N(C)Cc1cccc(C#N)c1. The summed E-state index contributed by atoms with van der Waals surface area (Å²) in [6.07, 6.45) is 0. The normalized spacial score (nSPS) is 11.8. The van der Waals surface area contributed by atoms with E-state index in [-0.39, 0.29) is 11.9 Å². The number of benzene rings is 2. The Balaban J connectivity index is 2.32. The van der Waals surface area contributed by atoms with E-state index in [0.717, 1.165) is 11.1 Å². The lowest BCUT2D eigenvalue weighted by atomic mass is 10.0. The first kappa shape index (κ1) is 15.0. The van der Waals surface area contributed by atoms with Crippen LogP contribution in [0.1, 0.15) is 29.7 Å². The number of para-hydroxylation sites is 1. The van der Waals surface area contributed by atoms with Crippen LogP contribution in [0.5, 0.6) is 0 Å². The van der Waals surface area contributed by atoms with Crippen molar-refractivity contribution in [3.63, 3.8) is 0 Å². The van der Waals surface area contributed by atoms with Crippen LogP contribution >= 0.6 is 0 Å². The summed E-state index contributed by atoms with van der Waals surface area (Å²) in [7, 11) is 1.82. The van der Waals surface area contributed by atoms with Crippen molar-refractivity contribution >= 4 is 5.69 Å². The number of rotatable bonds is 4. The molecule has 0 aliphatic carbocycles. The van der Waals surface area contributed by atoms with E-state index >= 15 is 0 Å². The van der Waals surface area contributed by atoms with E-state index in [4.69, 9.17) is 11.0 Å². The molecular formula is C17H18FN3. The Morgan fingerprint density at radius 1 is 1.29 bits per heavy atom. The summed E-state index contributed by atoms with van der Waals surface area (Å²) >= 11 is 0. The van der Waals surface area contributed by atoms with Gasteiger partial charge in [-0.15, -0.1) is 0 Å². The zero-order chi connectivity index (χ0) is 15.4. The molecule has 0 heterocycles. The minimum atomic E-state index is -0.288. The van der Waals surface area contributed by atoms with Crippen molar-refractivity contribution in [1.82, 2.24) is 0 Å². The Bertz CT molecular complexity index is 674. The monoisotopic (exact) mass is 283 g/mol. The first-order chi connectivity index (χ1) is 10.0. The lowest BCUT2D eigenvalue weighted by Crippen LogP contribution is -2.21. The van der Waals surface area contributed by atoms with Crippen LogP contribution in [-0.2, 0) is 6.54 Å². The van der Waals surface area contributed by atoms with Gasteiger partial charge in [-0.25, -0.2) is 4.39 Å². The van der Waals surface area contributed by atoms with Crippen LogP contribution in [0.3, 0.4) is 0 Å². The number of halogens is 1. The van der Waals surface area contributed by atoms with Crippen LogP contribution in [0.15, 0.2) is 42.5 Å². The van der Waals surface area contributed by atoms with Gasteiger partial charge in [0.15, 0.2) is 0 Å². The van der Waals surface area contributed by atoms with Crippen molar-refractivity contribution < 1.29 is 4.39 Å². The lowest BCUT2D eigenvalue weighted by molar-refractivity contribution is 0.616. The quantitative estimate of drug-likeness (QED) is 0.936. The van der Waals surface area contributed by atoms with Gasteiger partial charge in [0.2, 0.25) is 0 Å². The zero-order valence-electron chi connectivity index (χ0n) is 12.2. The highest BCUT2D eigenvalue weighted by atomic mass is 19.1. The van der Waals surface area contributed by atoms with Crippen LogP contribution in [0.4, 0.5) is 10.1 Å². The summed E-state index contributed by atoms with van der Waals surface area (Å²) in [5.74, 6) is -0.288. The fraction of sp³-hybridized carbons (Fsp3) is 0.235. The number of hydrogen-bond acceptors (Lipinski definition) is 3. The Morgan fingerprint density at radius 3 is 2.67 bits per heavy atom. The number of nitrogens with zero attached hydrogens (tertiary/aromatic N) is 2. The van der Waals surface area contributed by atoms with E-state index in [1.165, 1.54) is 6.07 Å². The van der Waals surface area contributed by atoms with Crippen molar-refractivity contribution in [3.8, 4) is 6.07 Å². The predicted octanol–water partition coefficient (Wildman–Crippen LogP) is 3.35. The van der Waals surface area contributed by atoms with Crippen molar-refractivity contribution in [3.05, 3.63) is 65.0 Å². The summed E-state index contributed by atoms with van der Waals surface area (Å²) in [6, 6.07) is 14.1. The molecule has 0 aromatic heterocycles. The van der Waals surface area contributed by atoms with E-state index in [1.54, 1.807) is 12.1 Å². The van der Waals surface area contributed by atoms with Gasteiger partial charge in [-0.3, -0.25) is 0 Å². The molecule has 1 atom stereocenters. The van der Waals surface area contributed by atoms with E-state index in [1.807, 2.05) is 43.1 Å². The molecule has 2 aromatic rings. The van der Waals surface area contributed by atoms with Crippen molar-refractivity contribution in [2.45, 2.75) is 19.5 Å². The second-order valence-electron chi connectivity index (χ2n) is 5.13. The summed E-state index contributed by atoms with van der Waals surface area (Å²) in [4.78, 5) is 1.82. The van der Waals surface area contributed by atoms with E-state index in [9.17, 15) is 4.39 Å². The Morgan fingerprint density at radius 2 is 2.00 bits per heavy atom. The van der Waals surface area contributed by atoms with Crippen molar-refractivity contribution in [2.24, 2.45) is 5.73 Å². The highest BCUT2D eigenvalue weighted by molar-refractivity contribution is 5.56. The fourth-order valence-corrected chi connectivity index (χ4v) is 2.39. The fourth-order valence-electron chi connectivity index (χ4n) is 2.39. The minimum Gasteiger partial charge on any atom is -0.368 e. The lowest BCUT2D eigenvalue weighted by Gasteiger charge is -2.24. The van der Waals surface area contributed by atoms with Gasteiger partial charge in [-0.1, -0.05) is 24.3 Å². The maximum absolute atomic E-state index is 14.2. The molecule has 0 saturated carbocycles. The molecule has 2 aromatic carbocycles. The maximum atomic E-state index is 14.2. The molecule has 0 bridgehead atoms. The molecule has 4 heteroatoms. The topological polar surface area (TPSA) is 53.0 Å². The minimum absolute atomic E-state index is 0.247. The third-order valence-electron chi connectivity index (χ3n) is 3.37. The van der Waals surface area contributed by atoms with Gasteiger partial charge in [-0.05, 0) is 36.2 Å². The molecule has 0 fully saturated rings. The van der Waals surface area contributed by atoms with Crippen LogP contribution in [-0.4, -0.2) is 7.05 Å². The van der Waals surface area contributed by atoms with Crippen LogP contribution in [0.2, 0.25) is 0 Å². The van der Waals surface area contributed by atoms with Crippen LogP contribution in [0.25, 0.3) is 0 Å². The van der Waals surface area contributed by atoms with E-state index in [2.05, 4.69) is 6.07 Å². The first-order valence-corrected chi connectivity index (χ1v) is 6.77. The second kappa shape index (κ2) is 6.38. The molecule has 2 rings (SSSR count). The zero-order valence-corrected chi connectivity index (χ0v) is 12.2. The molecule has 108 valence electrons. The third-order valence-corrected chi connectivity index (χ3v) is 3.37. The van der Waals surface area contributed by atoms with Gasteiger partial charge in [0.1, 0.15) is 5.82 Å². The summed E-state index contributed by atoms with van der Waals surface area (Å²) in [5, 5.41) is 8.93. The standard InChI is InChI=1S/C17H18FN3/c1-12(20)15-7-4-8-16(18)17(15)21(2)11-14-6-3-5-13(9-14)10-19/h3-9,12H,11,20H2,1-2H3/t12-/m0/s1. The Hall–Kier alpha value is -2.38. The highest BCUT2D eigenvalue weighted by Crippen LogP contribution is 2.28. The highest BCUT2D eigenvalue weighted by Gasteiger charge is 2.15. The number of nitriles is 1. The molecule has 0 unspecified atom stereocenters. The van der Waals surface area contributed by atoms with Gasteiger partial charge in [0.05, 0.1) is 17.3 Å². The first-order valence-electron chi connectivity index (χ1n) is 6.77. The van der Waals surface area contributed by atoms with Gasteiger partial charge in [-0.2, -0.15) is 5.26 Å². The summed E-state index contributed by atoms with van der Waals surface area (Å²) < 4.78 is 14.2. The average molecular weight is 283 g/mol. The molecule has 0 amide bonds. The Labute approximate surface area is 124 Å². The maximum Gasteiger partial charge on any atom is 0.146 e. The molecule has 0 aliphatic rings. The smallest absolute Gasteiger partial charge is 0.146 e. The average Bonchev–Trinajstić information content (AvgIpc) is 2.46. The molecular weight excluding hydrogens is 265 g/mol. The number of hydrogen-bond donors (Lipinski definition) is 1. The van der Waals surface area contributed by atoms with Crippen LogP contribution < -0.4 is 10.6 Å². The van der Waals surface area contributed by atoms with Gasteiger partial charge < -0.3 is 10.6 Å². The molecule has 3 nitrogen and oxygen atoms in total. The Kier molecular flexibility index (Phi) is 4.56. The summed E-state index contributed by atoms with van der Waals surface area (Å²) in [5.41, 5.74) is 8.76.